The van der Waals surface area contributed by atoms with Gasteiger partial charge in [-0.15, -0.1) is 11.3 Å². The number of ether oxygens (including phenoxy) is 2. The van der Waals surface area contributed by atoms with Crippen molar-refractivity contribution >= 4 is 28.0 Å². The molecule has 0 amide bonds. The van der Waals surface area contributed by atoms with Crippen LogP contribution >= 0.6 is 11.3 Å². The standard InChI is InChI=1S/C14H15FN2O3S/c1-19-11-10(16)12(14(18)20-2)21-13(11)17-7-8-3-5-9(15)6-4-8/h3-6,17H,7,16H2,1-2H3. The number of anilines is 2. The molecule has 3 N–H and O–H groups in total. The first kappa shape index (κ1) is 15.1. The van der Waals surface area contributed by atoms with Gasteiger partial charge in [-0.1, -0.05) is 12.1 Å². The maximum Gasteiger partial charge on any atom is 0.350 e. The Labute approximate surface area is 125 Å². The Hall–Kier alpha value is -2.28. The number of carbonyl (C=O) groups excluding carboxylic acids is 1. The first-order valence-electron chi connectivity index (χ1n) is 6.09. The van der Waals surface area contributed by atoms with E-state index in [2.05, 4.69) is 10.1 Å². The van der Waals surface area contributed by atoms with Gasteiger partial charge in [-0.25, -0.2) is 9.18 Å². The first-order valence-corrected chi connectivity index (χ1v) is 6.91. The number of rotatable bonds is 5. The molecule has 0 unspecified atom stereocenters. The van der Waals surface area contributed by atoms with Gasteiger partial charge in [0.1, 0.15) is 21.4 Å². The molecule has 0 aliphatic rings. The smallest absolute Gasteiger partial charge is 0.350 e. The number of nitrogen functional groups attached to an aromatic ring is 1. The summed E-state index contributed by atoms with van der Waals surface area (Å²) in [7, 11) is 2.77. The van der Waals surface area contributed by atoms with Crippen molar-refractivity contribution in [2.75, 3.05) is 25.3 Å². The summed E-state index contributed by atoms with van der Waals surface area (Å²) in [6.45, 7) is 0.456. The van der Waals surface area contributed by atoms with E-state index in [4.69, 9.17) is 10.5 Å². The summed E-state index contributed by atoms with van der Waals surface area (Å²) in [4.78, 5) is 11.9. The minimum Gasteiger partial charge on any atom is -0.492 e. The molecule has 0 fully saturated rings. The van der Waals surface area contributed by atoms with Crippen molar-refractivity contribution in [1.29, 1.82) is 0 Å². The second-order valence-corrected chi connectivity index (χ2v) is 5.20. The van der Waals surface area contributed by atoms with E-state index >= 15 is 0 Å². The lowest BCUT2D eigenvalue weighted by Gasteiger charge is -2.07. The summed E-state index contributed by atoms with van der Waals surface area (Å²) in [5, 5.41) is 3.75. The quantitative estimate of drug-likeness (QED) is 0.831. The number of methoxy groups -OCH3 is 2. The van der Waals surface area contributed by atoms with Gasteiger partial charge in [0.15, 0.2) is 5.75 Å². The van der Waals surface area contributed by atoms with E-state index in [0.717, 1.165) is 16.9 Å². The van der Waals surface area contributed by atoms with Crippen LogP contribution in [0.3, 0.4) is 0 Å². The maximum atomic E-state index is 12.8. The Morgan fingerprint density at radius 3 is 2.57 bits per heavy atom. The van der Waals surface area contributed by atoms with Crippen molar-refractivity contribution in [1.82, 2.24) is 0 Å². The average Bonchev–Trinajstić information content (AvgIpc) is 2.82. The number of thiophene rings is 1. The molecular formula is C14H15FN2O3S. The molecule has 0 saturated heterocycles. The lowest BCUT2D eigenvalue weighted by molar-refractivity contribution is 0.0607. The number of esters is 1. The monoisotopic (exact) mass is 310 g/mol. The molecule has 5 nitrogen and oxygen atoms in total. The van der Waals surface area contributed by atoms with Crippen molar-refractivity contribution in [3.05, 3.63) is 40.5 Å². The minimum absolute atomic E-state index is 0.246. The second-order valence-electron chi connectivity index (χ2n) is 4.18. The van der Waals surface area contributed by atoms with Crippen LogP contribution in [-0.4, -0.2) is 20.2 Å². The summed E-state index contributed by atoms with van der Waals surface area (Å²) in [5.74, 6) is -0.391. The Bertz CT molecular complexity index is 640. The van der Waals surface area contributed by atoms with Crippen molar-refractivity contribution < 1.29 is 18.7 Å². The van der Waals surface area contributed by atoms with Gasteiger partial charge in [0.2, 0.25) is 0 Å². The van der Waals surface area contributed by atoms with Gasteiger partial charge in [0, 0.05) is 6.54 Å². The van der Waals surface area contributed by atoms with Crippen LogP contribution in [0.5, 0.6) is 5.75 Å². The molecule has 2 aromatic rings. The summed E-state index contributed by atoms with van der Waals surface area (Å²) in [6, 6.07) is 6.12. The van der Waals surface area contributed by atoms with Gasteiger partial charge in [-0.2, -0.15) is 0 Å². The Morgan fingerprint density at radius 2 is 2.00 bits per heavy atom. The number of nitrogens with two attached hydrogens (primary N) is 1. The van der Waals surface area contributed by atoms with Gasteiger partial charge >= 0.3 is 5.97 Å². The third kappa shape index (κ3) is 3.25. The lowest BCUT2D eigenvalue weighted by Crippen LogP contribution is -2.02. The largest absolute Gasteiger partial charge is 0.492 e. The highest BCUT2D eigenvalue weighted by atomic mass is 32.1. The SMILES string of the molecule is COC(=O)c1sc(NCc2ccc(F)cc2)c(OC)c1N. The van der Waals surface area contributed by atoms with Crippen molar-refractivity contribution in [2.45, 2.75) is 6.54 Å². The molecule has 1 aromatic carbocycles. The van der Waals surface area contributed by atoms with Crippen LogP contribution in [0.15, 0.2) is 24.3 Å². The lowest BCUT2D eigenvalue weighted by atomic mass is 10.2. The third-order valence-corrected chi connectivity index (χ3v) is 3.97. The Balaban J connectivity index is 2.19. The van der Waals surface area contributed by atoms with Gasteiger partial charge in [0.25, 0.3) is 0 Å². The van der Waals surface area contributed by atoms with Gasteiger partial charge in [0.05, 0.1) is 14.2 Å². The number of nitrogens with one attached hydrogen (secondary N) is 1. The maximum absolute atomic E-state index is 12.8. The molecule has 0 bridgehead atoms. The molecule has 1 aromatic heterocycles. The second kappa shape index (κ2) is 6.45. The van der Waals surface area contributed by atoms with Crippen LogP contribution in [-0.2, 0) is 11.3 Å². The topological polar surface area (TPSA) is 73.6 Å². The van der Waals surface area contributed by atoms with E-state index in [9.17, 15) is 9.18 Å². The Kier molecular flexibility index (Phi) is 4.64. The third-order valence-electron chi connectivity index (χ3n) is 2.84. The summed E-state index contributed by atoms with van der Waals surface area (Å²) in [6.07, 6.45) is 0. The highest BCUT2D eigenvalue weighted by Gasteiger charge is 2.22. The number of hydrogen-bond acceptors (Lipinski definition) is 6. The van der Waals surface area contributed by atoms with Gasteiger partial charge in [-0.05, 0) is 17.7 Å². The van der Waals surface area contributed by atoms with Crippen LogP contribution in [0.4, 0.5) is 15.1 Å². The number of carbonyl (C=O) groups is 1. The molecule has 0 spiro atoms. The molecule has 1 heterocycles. The predicted molar refractivity (Wildman–Crippen MR) is 80.3 cm³/mol. The van der Waals surface area contributed by atoms with E-state index in [1.807, 2.05) is 0 Å². The van der Waals surface area contributed by atoms with Crippen LogP contribution in [0, 0.1) is 5.82 Å². The van der Waals surface area contributed by atoms with Crippen molar-refractivity contribution in [3.8, 4) is 5.75 Å². The zero-order chi connectivity index (χ0) is 15.4. The van der Waals surface area contributed by atoms with Crippen LogP contribution in [0.2, 0.25) is 0 Å². The van der Waals surface area contributed by atoms with Gasteiger partial charge in [-0.3, -0.25) is 0 Å². The van der Waals surface area contributed by atoms with E-state index in [-0.39, 0.29) is 16.4 Å². The van der Waals surface area contributed by atoms with E-state index in [1.54, 1.807) is 12.1 Å². The fraction of sp³-hybridized carbons (Fsp3) is 0.214. The molecule has 21 heavy (non-hydrogen) atoms. The average molecular weight is 310 g/mol. The summed E-state index contributed by atoms with van der Waals surface area (Å²) in [5.41, 5.74) is 7.01. The van der Waals surface area contributed by atoms with E-state index in [1.165, 1.54) is 26.4 Å². The summed E-state index contributed by atoms with van der Waals surface area (Å²) < 4.78 is 22.7. The highest BCUT2D eigenvalue weighted by Crippen LogP contribution is 2.42. The Morgan fingerprint density at radius 1 is 1.33 bits per heavy atom. The van der Waals surface area contributed by atoms with E-state index < -0.39 is 5.97 Å². The molecular weight excluding hydrogens is 295 g/mol. The molecule has 0 atom stereocenters. The van der Waals surface area contributed by atoms with Crippen LogP contribution in [0.1, 0.15) is 15.2 Å². The normalized spacial score (nSPS) is 10.2. The molecule has 0 aliphatic heterocycles. The zero-order valence-corrected chi connectivity index (χ0v) is 12.4. The predicted octanol–water partition coefficient (Wildman–Crippen LogP) is 2.88. The number of benzene rings is 1. The molecule has 112 valence electrons. The van der Waals surface area contributed by atoms with Crippen molar-refractivity contribution in [2.24, 2.45) is 0 Å². The van der Waals surface area contributed by atoms with Gasteiger partial charge < -0.3 is 20.5 Å². The van der Waals surface area contributed by atoms with Crippen LogP contribution < -0.4 is 15.8 Å². The number of hydrogen-bond donors (Lipinski definition) is 2. The molecule has 0 radical (unpaired) electrons. The van der Waals surface area contributed by atoms with Crippen molar-refractivity contribution in [3.63, 3.8) is 0 Å². The fourth-order valence-electron chi connectivity index (χ4n) is 1.78. The molecule has 7 heteroatoms. The fourth-order valence-corrected chi connectivity index (χ4v) is 2.78. The molecule has 0 saturated carbocycles. The zero-order valence-electron chi connectivity index (χ0n) is 11.6. The minimum atomic E-state index is -0.509. The van der Waals surface area contributed by atoms with E-state index in [0.29, 0.717) is 17.3 Å². The van der Waals surface area contributed by atoms with Crippen LogP contribution in [0.25, 0.3) is 0 Å². The molecule has 2 rings (SSSR count). The summed E-state index contributed by atoms with van der Waals surface area (Å²) >= 11 is 1.16. The molecule has 0 aliphatic carbocycles. The first-order chi connectivity index (χ1) is 10.1. The highest BCUT2D eigenvalue weighted by molar-refractivity contribution is 7.19. The number of halogens is 1.